The molecule has 0 radical (unpaired) electrons. The van der Waals surface area contributed by atoms with Gasteiger partial charge in [-0.25, -0.2) is 15.0 Å². The van der Waals surface area contributed by atoms with Gasteiger partial charge in [0, 0.05) is 50.6 Å². The predicted octanol–water partition coefficient (Wildman–Crippen LogP) is 9.43. The first-order valence-electron chi connectivity index (χ1n) is 14.6. The van der Waals surface area contributed by atoms with E-state index in [9.17, 15) is 0 Å². The molecule has 4 heterocycles. The molecule has 0 spiro atoms. The van der Waals surface area contributed by atoms with Crippen molar-refractivity contribution in [3.8, 4) is 33.9 Å². The van der Waals surface area contributed by atoms with Crippen molar-refractivity contribution in [3.63, 3.8) is 0 Å². The number of pyridine rings is 3. The summed E-state index contributed by atoms with van der Waals surface area (Å²) in [6.07, 6.45) is 3.65. The molecule has 0 aliphatic carbocycles. The molecule has 5 aromatic carbocycles. The first-order valence-corrected chi connectivity index (χ1v) is 14.6. The zero-order valence-corrected chi connectivity index (χ0v) is 23.5. The number of rotatable bonds is 3. The van der Waals surface area contributed by atoms with Crippen LogP contribution in [0.15, 0.2) is 140 Å². The molecule has 9 rings (SSSR count). The molecule has 0 aliphatic heterocycles. The summed E-state index contributed by atoms with van der Waals surface area (Å²) in [6, 6.07) is 43.8. The lowest BCUT2D eigenvalue weighted by molar-refractivity contribution is 1.23. The molecule has 5 nitrogen and oxygen atoms in total. The van der Waals surface area contributed by atoms with Gasteiger partial charge in [0.2, 0.25) is 0 Å². The van der Waals surface area contributed by atoms with Crippen molar-refractivity contribution in [2.24, 2.45) is 0 Å². The lowest BCUT2D eigenvalue weighted by Crippen LogP contribution is -1.97. The Labute approximate surface area is 252 Å². The average molecular weight is 562 g/mol. The molecular formula is C39H23N5. The van der Waals surface area contributed by atoms with Crippen LogP contribution in [0.5, 0.6) is 0 Å². The van der Waals surface area contributed by atoms with E-state index >= 15 is 0 Å². The molecule has 5 heteroatoms. The van der Waals surface area contributed by atoms with Gasteiger partial charge in [0.1, 0.15) is 0 Å². The number of fused-ring (bicyclic) bond motifs is 6. The Morgan fingerprint density at radius 2 is 1.09 bits per heavy atom. The zero-order valence-electron chi connectivity index (χ0n) is 23.5. The highest BCUT2D eigenvalue weighted by Crippen LogP contribution is 2.37. The van der Waals surface area contributed by atoms with Gasteiger partial charge >= 0.3 is 0 Å². The number of aromatic nitrogens is 5. The summed E-state index contributed by atoms with van der Waals surface area (Å²) in [7, 11) is 0. The van der Waals surface area contributed by atoms with E-state index in [1.807, 2.05) is 54.9 Å². The minimum atomic E-state index is 0.652. The Bertz CT molecular complexity index is 2570. The predicted molar refractivity (Wildman–Crippen MR) is 179 cm³/mol. The third-order valence-corrected chi connectivity index (χ3v) is 8.32. The zero-order chi connectivity index (χ0) is 29.0. The van der Waals surface area contributed by atoms with Crippen LogP contribution in [-0.4, -0.2) is 24.9 Å². The van der Waals surface area contributed by atoms with Crippen LogP contribution < -0.4 is 0 Å². The first kappa shape index (κ1) is 24.5. The molecule has 0 atom stereocenters. The Morgan fingerprint density at radius 1 is 0.409 bits per heavy atom. The van der Waals surface area contributed by atoms with Gasteiger partial charge in [-0.15, -0.1) is 0 Å². The van der Waals surface area contributed by atoms with Crippen LogP contribution in [0.3, 0.4) is 0 Å². The Morgan fingerprint density at radius 3 is 1.98 bits per heavy atom. The van der Waals surface area contributed by atoms with E-state index in [1.54, 1.807) is 0 Å². The Balaban J connectivity index is 1.32. The molecule has 44 heavy (non-hydrogen) atoms. The van der Waals surface area contributed by atoms with Gasteiger partial charge in [-0.3, -0.25) is 9.97 Å². The number of hydrogen-bond acceptors (Lipinski definition) is 5. The Hall–Kier alpha value is -6.07. The lowest BCUT2D eigenvalue weighted by Gasteiger charge is -2.14. The maximum absolute atomic E-state index is 5.24. The van der Waals surface area contributed by atoms with E-state index in [0.717, 1.165) is 82.5 Å². The summed E-state index contributed by atoms with van der Waals surface area (Å²) in [4.78, 5) is 24.8. The highest BCUT2D eigenvalue weighted by Gasteiger charge is 2.17. The van der Waals surface area contributed by atoms with Gasteiger partial charge in [-0.1, -0.05) is 84.9 Å². The van der Waals surface area contributed by atoms with Crippen LogP contribution in [-0.2, 0) is 0 Å². The quantitative estimate of drug-likeness (QED) is 0.201. The van der Waals surface area contributed by atoms with Crippen molar-refractivity contribution < 1.29 is 0 Å². The third kappa shape index (κ3) is 3.91. The van der Waals surface area contributed by atoms with E-state index in [-0.39, 0.29) is 0 Å². The van der Waals surface area contributed by atoms with E-state index in [4.69, 9.17) is 15.0 Å². The maximum atomic E-state index is 5.24. The van der Waals surface area contributed by atoms with E-state index in [0.29, 0.717) is 5.82 Å². The monoisotopic (exact) mass is 561 g/mol. The highest BCUT2D eigenvalue weighted by atomic mass is 14.9. The van der Waals surface area contributed by atoms with Crippen molar-refractivity contribution in [2.75, 3.05) is 0 Å². The second-order valence-corrected chi connectivity index (χ2v) is 10.9. The topological polar surface area (TPSA) is 64.5 Å². The fraction of sp³-hybridized carbons (Fsp3) is 0. The second kappa shape index (κ2) is 9.75. The molecule has 0 unspecified atom stereocenters. The summed E-state index contributed by atoms with van der Waals surface area (Å²) >= 11 is 0. The number of hydrogen-bond donors (Lipinski definition) is 0. The summed E-state index contributed by atoms with van der Waals surface area (Å²) in [5.41, 5.74) is 8.30. The molecular weight excluding hydrogens is 538 g/mol. The van der Waals surface area contributed by atoms with Crippen LogP contribution >= 0.6 is 0 Å². The summed E-state index contributed by atoms with van der Waals surface area (Å²) < 4.78 is 0. The maximum Gasteiger partial charge on any atom is 0.162 e. The van der Waals surface area contributed by atoms with E-state index in [1.165, 1.54) is 0 Å². The van der Waals surface area contributed by atoms with Gasteiger partial charge in [0.25, 0.3) is 0 Å². The number of benzene rings is 5. The fourth-order valence-corrected chi connectivity index (χ4v) is 6.23. The number of para-hydroxylation sites is 2. The van der Waals surface area contributed by atoms with Crippen molar-refractivity contribution >= 4 is 54.4 Å². The highest BCUT2D eigenvalue weighted by molar-refractivity contribution is 6.06. The van der Waals surface area contributed by atoms with E-state index < -0.39 is 0 Å². The minimum Gasteiger partial charge on any atom is -0.255 e. The standard InChI is InChI=1S/C39H23N5/c1-2-12-29-27(8-1)22-28(23-32(29)34-19-18-26-17-16-25-11-7-21-41-37(25)38(26)42-34)36-30-13-3-4-15-33(30)43-39(44-36)31-14-5-9-24-10-6-20-40-35(24)31/h1-23H. The normalized spacial score (nSPS) is 11.6. The second-order valence-electron chi connectivity index (χ2n) is 10.9. The van der Waals surface area contributed by atoms with Gasteiger partial charge in [-0.2, -0.15) is 0 Å². The van der Waals surface area contributed by atoms with Gasteiger partial charge < -0.3 is 0 Å². The van der Waals surface area contributed by atoms with Crippen molar-refractivity contribution in [1.82, 2.24) is 24.9 Å². The number of nitrogens with zero attached hydrogens (tertiary/aromatic N) is 5. The third-order valence-electron chi connectivity index (χ3n) is 8.32. The molecule has 0 N–H and O–H groups in total. The van der Waals surface area contributed by atoms with E-state index in [2.05, 4.69) is 94.9 Å². The summed E-state index contributed by atoms with van der Waals surface area (Å²) in [6.45, 7) is 0. The lowest BCUT2D eigenvalue weighted by atomic mass is 9.95. The largest absolute Gasteiger partial charge is 0.255 e. The molecule has 0 aliphatic rings. The van der Waals surface area contributed by atoms with Crippen LogP contribution in [0.2, 0.25) is 0 Å². The van der Waals surface area contributed by atoms with Gasteiger partial charge in [0.15, 0.2) is 5.82 Å². The SMILES string of the molecule is c1ccc2c(-c3ccc4ccc5cccnc5c4n3)cc(-c3nc(-c4cccc5cccnc45)nc4ccccc34)cc2c1. The molecule has 9 aromatic rings. The van der Waals surface area contributed by atoms with Gasteiger partial charge in [0.05, 0.1) is 33.5 Å². The molecule has 4 aromatic heterocycles. The van der Waals surface area contributed by atoms with Crippen LogP contribution in [0, 0.1) is 0 Å². The van der Waals surface area contributed by atoms with Crippen LogP contribution in [0.25, 0.3) is 88.3 Å². The van der Waals surface area contributed by atoms with Crippen molar-refractivity contribution in [1.29, 1.82) is 0 Å². The summed E-state index contributed by atoms with van der Waals surface area (Å²) in [5.74, 6) is 0.652. The molecule has 0 fully saturated rings. The van der Waals surface area contributed by atoms with Crippen LogP contribution in [0.4, 0.5) is 0 Å². The first-order chi connectivity index (χ1) is 21.8. The van der Waals surface area contributed by atoms with Crippen molar-refractivity contribution in [3.05, 3.63) is 140 Å². The van der Waals surface area contributed by atoms with Gasteiger partial charge in [-0.05, 0) is 53.2 Å². The van der Waals surface area contributed by atoms with Crippen LogP contribution in [0.1, 0.15) is 0 Å². The fourth-order valence-electron chi connectivity index (χ4n) is 6.23. The molecule has 0 bridgehead atoms. The van der Waals surface area contributed by atoms with Crippen molar-refractivity contribution in [2.45, 2.75) is 0 Å². The minimum absolute atomic E-state index is 0.652. The molecule has 0 amide bonds. The molecule has 0 saturated heterocycles. The molecule has 0 saturated carbocycles. The summed E-state index contributed by atoms with van der Waals surface area (Å²) in [5, 5.41) is 6.44. The Kier molecular flexibility index (Phi) is 5.43. The average Bonchev–Trinajstić information content (AvgIpc) is 3.10. The molecule has 204 valence electrons. The smallest absolute Gasteiger partial charge is 0.162 e.